The third-order valence-corrected chi connectivity index (χ3v) is 11.7. The molecule has 4 aromatic carbocycles. The summed E-state index contributed by atoms with van der Waals surface area (Å²) in [7, 11) is 0. The second-order valence-electron chi connectivity index (χ2n) is 18.4. The molecule has 0 atom stereocenters. The maximum Gasteiger partial charge on any atom is 0.276 e. The van der Waals surface area contributed by atoms with Crippen LogP contribution < -0.4 is 26.3 Å². The van der Waals surface area contributed by atoms with Crippen LogP contribution in [0.4, 0.5) is 33.4 Å². The molecule has 0 amide bonds. The lowest BCUT2D eigenvalue weighted by Gasteiger charge is -2.43. The highest BCUT2D eigenvalue weighted by Gasteiger charge is 2.46. The van der Waals surface area contributed by atoms with Crippen LogP contribution in [-0.2, 0) is 21.7 Å². The molecule has 2 aliphatic rings. The Morgan fingerprint density at radius 3 is 1.49 bits per heavy atom. The molecule has 5 aromatic rings. The van der Waals surface area contributed by atoms with E-state index < -0.39 is 0 Å². The number of nitrogens with zero attached hydrogens (tertiary/aromatic N) is 3. The Morgan fingerprint density at radius 1 is 0.531 bits per heavy atom. The van der Waals surface area contributed by atoms with Gasteiger partial charge in [0.1, 0.15) is 5.00 Å². The molecule has 0 saturated heterocycles. The van der Waals surface area contributed by atoms with Crippen molar-refractivity contribution in [3.05, 3.63) is 106 Å². The van der Waals surface area contributed by atoms with Crippen molar-refractivity contribution in [1.82, 2.24) is 4.98 Å². The summed E-state index contributed by atoms with van der Waals surface area (Å²) in [6, 6.07) is 30.5. The quantitative estimate of drug-likeness (QED) is 0.171. The summed E-state index contributed by atoms with van der Waals surface area (Å²) in [5.41, 5.74) is 15.3. The van der Waals surface area contributed by atoms with E-state index in [1.54, 1.807) is 0 Å². The number of hydrogen-bond acceptors (Lipinski definition) is 4. The number of thiazole rings is 1. The van der Waals surface area contributed by atoms with Crippen molar-refractivity contribution in [2.75, 3.05) is 9.80 Å². The number of benzene rings is 4. The minimum Gasteiger partial charge on any atom is -0.311 e. The van der Waals surface area contributed by atoms with Gasteiger partial charge in [0, 0.05) is 33.9 Å². The van der Waals surface area contributed by atoms with E-state index in [0.717, 1.165) is 0 Å². The van der Waals surface area contributed by atoms with E-state index >= 15 is 0 Å². The van der Waals surface area contributed by atoms with Crippen LogP contribution in [0.5, 0.6) is 0 Å². The Labute approximate surface area is 299 Å². The van der Waals surface area contributed by atoms with Crippen LogP contribution >= 0.6 is 11.3 Å². The molecule has 0 N–H and O–H groups in total. The van der Waals surface area contributed by atoms with Crippen molar-refractivity contribution in [2.24, 2.45) is 0 Å². The first-order valence-electron chi connectivity index (χ1n) is 17.8. The number of rotatable bonds is 2. The fourth-order valence-electron chi connectivity index (χ4n) is 7.31. The second kappa shape index (κ2) is 11.1. The van der Waals surface area contributed by atoms with Gasteiger partial charge in [0.15, 0.2) is 0 Å². The van der Waals surface area contributed by atoms with Crippen molar-refractivity contribution >= 4 is 68.0 Å². The Kier molecular flexibility index (Phi) is 7.62. The molecular formula is C44H52BN3S. The lowest BCUT2D eigenvalue weighted by Crippen LogP contribution is -2.62. The van der Waals surface area contributed by atoms with Gasteiger partial charge < -0.3 is 9.80 Å². The smallest absolute Gasteiger partial charge is 0.276 e. The van der Waals surface area contributed by atoms with Crippen molar-refractivity contribution in [3.63, 3.8) is 0 Å². The third-order valence-electron chi connectivity index (χ3n) is 10.2. The maximum atomic E-state index is 5.59. The first kappa shape index (κ1) is 33.7. The summed E-state index contributed by atoms with van der Waals surface area (Å²) in [6.45, 7) is 29.8. The molecule has 252 valence electrons. The van der Waals surface area contributed by atoms with E-state index in [0.29, 0.717) is 0 Å². The summed E-state index contributed by atoms with van der Waals surface area (Å²) >= 11 is 1.86. The van der Waals surface area contributed by atoms with E-state index in [1.165, 1.54) is 77.2 Å². The monoisotopic (exact) mass is 665 g/mol. The summed E-state index contributed by atoms with van der Waals surface area (Å²) in [5.74, 6) is 0. The van der Waals surface area contributed by atoms with Gasteiger partial charge in [0.05, 0.1) is 10.6 Å². The normalized spacial score (nSPS) is 14.5. The van der Waals surface area contributed by atoms with Gasteiger partial charge in [-0.2, -0.15) is 0 Å². The highest BCUT2D eigenvalue weighted by Crippen LogP contribution is 2.47. The molecule has 0 unspecified atom stereocenters. The predicted molar refractivity (Wildman–Crippen MR) is 216 cm³/mol. The first-order valence-corrected chi connectivity index (χ1v) is 18.7. The number of hydrogen-bond donors (Lipinski definition) is 0. The third kappa shape index (κ3) is 5.72. The van der Waals surface area contributed by atoms with Crippen LogP contribution in [0.25, 0.3) is 0 Å². The van der Waals surface area contributed by atoms with E-state index in [-0.39, 0.29) is 28.4 Å². The zero-order valence-electron chi connectivity index (χ0n) is 31.8. The lowest BCUT2D eigenvalue weighted by molar-refractivity contribution is 0.586. The Morgan fingerprint density at radius 2 is 1.00 bits per heavy atom. The Bertz CT molecular complexity index is 2060. The molecule has 2 aliphatic heterocycles. The van der Waals surface area contributed by atoms with E-state index in [4.69, 9.17) is 4.98 Å². The molecule has 3 nitrogen and oxygen atoms in total. The minimum atomic E-state index is -0.0692. The minimum absolute atomic E-state index is 0.0155. The maximum absolute atomic E-state index is 5.59. The van der Waals surface area contributed by atoms with Gasteiger partial charge in [0.25, 0.3) is 6.71 Å². The van der Waals surface area contributed by atoms with Crippen molar-refractivity contribution < 1.29 is 0 Å². The average molecular weight is 666 g/mol. The molecule has 3 heterocycles. The van der Waals surface area contributed by atoms with E-state index in [1.807, 2.05) is 11.3 Å². The molecule has 0 radical (unpaired) electrons. The number of fused-ring (bicyclic) bond motifs is 4. The summed E-state index contributed by atoms with van der Waals surface area (Å²) in [5, 5.41) is 2.41. The highest BCUT2D eigenvalue weighted by molar-refractivity contribution is 7.19. The molecular weight excluding hydrogens is 613 g/mol. The number of aryl methyl sites for hydroxylation is 1. The summed E-state index contributed by atoms with van der Waals surface area (Å²) in [4.78, 5) is 10.6. The Hall–Kier alpha value is -3.83. The summed E-state index contributed by atoms with van der Waals surface area (Å²) in [6.07, 6.45) is 0. The zero-order chi connectivity index (χ0) is 35.4. The van der Waals surface area contributed by atoms with Crippen LogP contribution in [0, 0.1) is 6.92 Å². The molecule has 1 aromatic heterocycles. The first-order chi connectivity index (χ1) is 22.7. The standard InChI is InChI=1S/C44H52BN3S/c1-27-24-35-37-36(25-27)48(32-21-16-29(17-22-32)42(5,6)7)39-38(46-40(49-39)44(11,12)13)45(37)33-26-30(43(8,9)10)18-23-34(33)47(35)31-19-14-28(15-20-31)41(2,3)4/h14-26H,1-13H3. The van der Waals surface area contributed by atoms with Gasteiger partial charge in [-0.15, -0.1) is 11.3 Å². The van der Waals surface area contributed by atoms with Gasteiger partial charge in [-0.3, -0.25) is 4.98 Å². The SMILES string of the molecule is Cc1cc2c3c(c1)N(c1ccc(C(C)(C)C)cc1)c1sc(C(C)(C)C)nc1B3c1cc(C(C)(C)C)ccc1N2c1ccc(C(C)(C)C)cc1. The molecule has 0 bridgehead atoms. The van der Waals surface area contributed by atoms with Gasteiger partial charge in [-0.25, -0.2) is 0 Å². The van der Waals surface area contributed by atoms with Gasteiger partial charge >= 0.3 is 0 Å². The van der Waals surface area contributed by atoms with Gasteiger partial charge in [-0.05, 0) is 98.8 Å². The topological polar surface area (TPSA) is 19.4 Å². The predicted octanol–water partition coefficient (Wildman–Crippen LogP) is 10.7. The van der Waals surface area contributed by atoms with Crippen LogP contribution in [0.1, 0.15) is 110 Å². The Balaban J connectivity index is 1.55. The molecule has 5 heteroatoms. The summed E-state index contributed by atoms with van der Waals surface area (Å²) < 4.78 is 0. The van der Waals surface area contributed by atoms with Crippen LogP contribution in [0.3, 0.4) is 0 Å². The average Bonchev–Trinajstić information content (AvgIpc) is 3.45. The molecule has 0 spiro atoms. The molecule has 0 aliphatic carbocycles. The van der Waals surface area contributed by atoms with Crippen molar-refractivity contribution in [1.29, 1.82) is 0 Å². The molecule has 0 fully saturated rings. The van der Waals surface area contributed by atoms with Crippen molar-refractivity contribution in [2.45, 2.75) is 112 Å². The van der Waals surface area contributed by atoms with Crippen molar-refractivity contribution in [3.8, 4) is 0 Å². The fourth-order valence-corrected chi connectivity index (χ4v) is 8.50. The largest absolute Gasteiger partial charge is 0.311 e. The van der Waals surface area contributed by atoms with E-state index in [2.05, 4.69) is 179 Å². The van der Waals surface area contributed by atoms with Crippen LogP contribution in [0.15, 0.2) is 78.9 Å². The fraction of sp³-hybridized carbons (Fsp3) is 0.386. The number of aromatic nitrogens is 1. The van der Waals surface area contributed by atoms with Crippen LogP contribution in [-0.4, -0.2) is 11.7 Å². The second-order valence-corrected chi connectivity index (χ2v) is 19.4. The van der Waals surface area contributed by atoms with Gasteiger partial charge in [-0.1, -0.05) is 119 Å². The molecule has 49 heavy (non-hydrogen) atoms. The number of anilines is 6. The van der Waals surface area contributed by atoms with Crippen LogP contribution in [0.2, 0.25) is 0 Å². The van der Waals surface area contributed by atoms with E-state index in [9.17, 15) is 0 Å². The van der Waals surface area contributed by atoms with Gasteiger partial charge in [0.2, 0.25) is 0 Å². The lowest BCUT2D eigenvalue weighted by atomic mass is 9.35. The zero-order valence-corrected chi connectivity index (χ0v) is 32.6. The molecule has 0 saturated carbocycles. The highest BCUT2D eigenvalue weighted by atomic mass is 32.1. The molecule has 7 rings (SSSR count).